The molecular formula is C7H18ClN. The van der Waals surface area contributed by atoms with Crippen LogP contribution in [0.25, 0.3) is 0 Å². The summed E-state index contributed by atoms with van der Waals surface area (Å²) in [5.74, 6) is 0. The molecule has 2 heteroatoms. The van der Waals surface area contributed by atoms with Gasteiger partial charge in [0.25, 0.3) is 0 Å². The van der Waals surface area contributed by atoms with E-state index in [0.29, 0.717) is 6.04 Å². The van der Waals surface area contributed by atoms with Crippen LogP contribution in [0.3, 0.4) is 0 Å². The first-order valence-corrected chi connectivity index (χ1v) is 3.24. The van der Waals surface area contributed by atoms with Crippen LogP contribution in [0.4, 0.5) is 0 Å². The van der Waals surface area contributed by atoms with E-state index in [1.165, 1.54) is 0 Å². The quantitative estimate of drug-likeness (QED) is 0.611. The molecule has 1 nitrogen and oxygen atoms in total. The van der Waals surface area contributed by atoms with Crippen LogP contribution in [0.5, 0.6) is 0 Å². The molecule has 0 saturated carbocycles. The number of hydrogen-bond donors (Lipinski definition) is 1. The van der Waals surface area contributed by atoms with Crippen molar-refractivity contribution in [3.05, 3.63) is 0 Å². The highest BCUT2D eigenvalue weighted by atomic mass is 35.5. The standard InChI is InChI=1S/C7H17N.ClH/c1-5-6(8)7(2,3)4;/h6H,5,8H2,1-4H3;1H. The van der Waals surface area contributed by atoms with Crippen LogP contribution in [0.15, 0.2) is 0 Å². The second kappa shape index (κ2) is 4.13. The molecule has 0 heterocycles. The lowest BCUT2D eigenvalue weighted by molar-refractivity contribution is 0.313. The van der Waals surface area contributed by atoms with E-state index in [1.54, 1.807) is 0 Å². The minimum atomic E-state index is 0. The fourth-order valence-corrected chi connectivity index (χ4v) is 0.612. The minimum absolute atomic E-state index is 0. The van der Waals surface area contributed by atoms with Gasteiger partial charge in [0.2, 0.25) is 0 Å². The second-order valence-corrected chi connectivity index (χ2v) is 3.38. The van der Waals surface area contributed by atoms with Gasteiger partial charge in [-0.25, -0.2) is 0 Å². The molecule has 0 aromatic heterocycles. The maximum Gasteiger partial charge on any atom is 0.00850 e. The van der Waals surface area contributed by atoms with E-state index in [2.05, 4.69) is 27.7 Å². The Bertz CT molecular complexity index is 65.8. The topological polar surface area (TPSA) is 26.0 Å². The molecule has 0 rings (SSSR count). The first-order chi connectivity index (χ1) is 3.48. The molecule has 0 aliphatic heterocycles. The summed E-state index contributed by atoms with van der Waals surface area (Å²) in [6, 6.07) is 0.350. The summed E-state index contributed by atoms with van der Waals surface area (Å²) in [5.41, 5.74) is 6.04. The fraction of sp³-hybridized carbons (Fsp3) is 1.00. The Labute approximate surface area is 64.4 Å². The smallest absolute Gasteiger partial charge is 0.00850 e. The van der Waals surface area contributed by atoms with Crippen LogP contribution in [-0.4, -0.2) is 6.04 Å². The summed E-state index contributed by atoms with van der Waals surface area (Å²) in [6.07, 6.45) is 1.07. The van der Waals surface area contributed by atoms with E-state index in [-0.39, 0.29) is 17.8 Å². The summed E-state index contributed by atoms with van der Waals surface area (Å²) in [7, 11) is 0. The lowest BCUT2D eigenvalue weighted by Crippen LogP contribution is -2.33. The number of rotatable bonds is 1. The molecule has 0 aromatic carbocycles. The van der Waals surface area contributed by atoms with Crippen LogP contribution < -0.4 is 5.73 Å². The predicted octanol–water partition coefficient (Wildman–Crippen LogP) is 2.19. The van der Waals surface area contributed by atoms with Gasteiger partial charge in [0.15, 0.2) is 0 Å². The molecule has 0 aromatic rings. The van der Waals surface area contributed by atoms with E-state index in [9.17, 15) is 0 Å². The molecule has 0 radical (unpaired) electrons. The summed E-state index contributed by atoms with van der Waals surface area (Å²) in [6.45, 7) is 8.62. The number of halogens is 1. The highest BCUT2D eigenvalue weighted by molar-refractivity contribution is 5.85. The maximum atomic E-state index is 5.75. The van der Waals surface area contributed by atoms with Crippen molar-refractivity contribution >= 4 is 12.4 Å². The lowest BCUT2D eigenvalue weighted by Gasteiger charge is -2.25. The van der Waals surface area contributed by atoms with Crippen LogP contribution in [0, 0.1) is 5.41 Å². The Hall–Kier alpha value is 0.250. The van der Waals surface area contributed by atoms with Crippen molar-refractivity contribution in [2.75, 3.05) is 0 Å². The van der Waals surface area contributed by atoms with Gasteiger partial charge in [-0.05, 0) is 11.8 Å². The van der Waals surface area contributed by atoms with Gasteiger partial charge >= 0.3 is 0 Å². The van der Waals surface area contributed by atoms with E-state index in [1.807, 2.05) is 0 Å². The van der Waals surface area contributed by atoms with E-state index >= 15 is 0 Å². The molecule has 9 heavy (non-hydrogen) atoms. The zero-order valence-electron chi connectivity index (χ0n) is 6.77. The molecule has 2 N–H and O–H groups in total. The number of nitrogens with two attached hydrogens (primary N) is 1. The van der Waals surface area contributed by atoms with Gasteiger partial charge in [-0.3, -0.25) is 0 Å². The van der Waals surface area contributed by atoms with Crippen LogP contribution >= 0.6 is 12.4 Å². The highest BCUT2D eigenvalue weighted by Gasteiger charge is 2.17. The SMILES string of the molecule is CCC(N)C(C)(C)C.Cl. The lowest BCUT2D eigenvalue weighted by atomic mass is 9.86. The number of hydrogen-bond acceptors (Lipinski definition) is 1. The molecule has 0 aliphatic carbocycles. The second-order valence-electron chi connectivity index (χ2n) is 3.38. The van der Waals surface area contributed by atoms with Crippen molar-refractivity contribution in [1.29, 1.82) is 0 Å². The summed E-state index contributed by atoms with van der Waals surface area (Å²) in [5, 5.41) is 0. The first-order valence-electron chi connectivity index (χ1n) is 3.24. The van der Waals surface area contributed by atoms with Crippen LogP contribution in [-0.2, 0) is 0 Å². The van der Waals surface area contributed by atoms with Gasteiger partial charge in [-0.2, -0.15) is 0 Å². The van der Waals surface area contributed by atoms with Crippen molar-refractivity contribution in [1.82, 2.24) is 0 Å². The van der Waals surface area contributed by atoms with Crippen molar-refractivity contribution in [3.63, 3.8) is 0 Å². The maximum absolute atomic E-state index is 5.75. The van der Waals surface area contributed by atoms with E-state index < -0.39 is 0 Å². The normalized spacial score (nSPS) is 14.3. The largest absolute Gasteiger partial charge is 0.327 e. The molecule has 0 spiro atoms. The third kappa shape index (κ3) is 4.73. The molecule has 0 bridgehead atoms. The molecular weight excluding hydrogens is 134 g/mol. The molecule has 1 atom stereocenters. The Kier molecular flexibility index (Phi) is 5.49. The van der Waals surface area contributed by atoms with Crippen molar-refractivity contribution in [2.45, 2.75) is 40.2 Å². The van der Waals surface area contributed by atoms with E-state index in [0.717, 1.165) is 6.42 Å². The Morgan fingerprint density at radius 1 is 1.33 bits per heavy atom. The van der Waals surface area contributed by atoms with Crippen LogP contribution in [0.1, 0.15) is 34.1 Å². The molecule has 0 amide bonds. The molecule has 58 valence electrons. The summed E-state index contributed by atoms with van der Waals surface area (Å²) < 4.78 is 0. The highest BCUT2D eigenvalue weighted by Crippen LogP contribution is 2.18. The minimum Gasteiger partial charge on any atom is -0.327 e. The van der Waals surface area contributed by atoms with Gasteiger partial charge in [0, 0.05) is 6.04 Å². The van der Waals surface area contributed by atoms with Crippen LogP contribution in [0.2, 0.25) is 0 Å². The third-order valence-corrected chi connectivity index (χ3v) is 1.55. The zero-order valence-corrected chi connectivity index (χ0v) is 7.59. The Balaban J connectivity index is 0. The first kappa shape index (κ1) is 12.0. The van der Waals surface area contributed by atoms with Crippen molar-refractivity contribution in [2.24, 2.45) is 11.1 Å². The van der Waals surface area contributed by atoms with Gasteiger partial charge < -0.3 is 5.73 Å². The average molecular weight is 152 g/mol. The van der Waals surface area contributed by atoms with Gasteiger partial charge in [-0.1, -0.05) is 27.7 Å². The monoisotopic (exact) mass is 151 g/mol. The van der Waals surface area contributed by atoms with Crippen molar-refractivity contribution < 1.29 is 0 Å². The summed E-state index contributed by atoms with van der Waals surface area (Å²) in [4.78, 5) is 0. The van der Waals surface area contributed by atoms with Gasteiger partial charge in [-0.15, -0.1) is 12.4 Å². The van der Waals surface area contributed by atoms with E-state index in [4.69, 9.17) is 5.73 Å². The van der Waals surface area contributed by atoms with Crippen molar-refractivity contribution in [3.8, 4) is 0 Å². The molecule has 0 saturated heterocycles. The average Bonchev–Trinajstić information content (AvgIpc) is 1.62. The summed E-state index contributed by atoms with van der Waals surface area (Å²) >= 11 is 0. The molecule has 0 aliphatic rings. The molecule has 1 unspecified atom stereocenters. The Morgan fingerprint density at radius 3 is 1.67 bits per heavy atom. The Morgan fingerprint density at radius 2 is 1.67 bits per heavy atom. The fourth-order valence-electron chi connectivity index (χ4n) is 0.612. The third-order valence-electron chi connectivity index (χ3n) is 1.55. The zero-order chi connectivity index (χ0) is 6.78. The molecule has 0 fully saturated rings. The predicted molar refractivity (Wildman–Crippen MR) is 45.0 cm³/mol. The van der Waals surface area contributed by atoms with Gasteiger partial charge in [0.05, 0.1) is 0 Å². The van der Waals surface area contributed by atoms with Gasteiger partial charge in [0.1, 0.15) is 0 Å².